The molecule has 0 radical (unpaired) electrons. The standard InChI is InChI=1S/C35H21N5/c1-2-9-24-23(8-1)33-31(40-29-14-6-4-11-27(29)38-35(24)40)17-16-30-34(33)25-10-3-5-13-28(25)39(30)32-15-7-12-26(37-32)22-18-20-36-21-19-22/h1-21H. The van der Waals surface area contributed by atoms with Gasteiger partial charge in [0, 0.05) is 39.5 Å². The van der Waals surface area contributed by atoms with Crippen LogP contribution in [0.15, 0.2) is 128 Å². The fourth-order valence-corrected chi connectivity index (χ4v) is 6.33. The van der Waals surface area contributed by atoms with Crippen LogP contribution in [-0.2, 0) is 0 Å². The zero-order chi connectivity index (χ0) is 26.2. The second kappa shape index (κ2) is 7.98. The molecule has 9 rings (SSSR count). The first-order valence-corrected chi connectivity index (χ1v) is 13.4. The maximum atomic E-state index is 5.13. The highest BCUT2D eigenvalue weighted by molar-refractivity contribution is 6.29. The van der Waals surface area contributed by atoms with Crippen LogP contribution in [0.2, 0.25) is 0 Å². The number of hydrogen-bond acceptors (Lipinski definition) is 3. The third-order valence-electron chi connectivity index (χ3n) is 8.00. The van der Waals surface area contributed by atoms with Crippen molar-refractivity contribution >= 4 is 60.2 Å². The zero-order valence-electron chi connectivity index (χ0n) is 21.4. The van der Waals surface area contributed by atoms with Crippen molar-refractivity contribution in [1.29, 1.82) is 0 Å². The molecular weight excluding hydrogens is 490 g/mol. The van der Waals surface area contributed by atoms with Crippen molar-refractivity contribution in [2.24, 2.45) is 0 Å². The predicted molar refractivity (Wildman–Crippen MR) is 163 cm³/mol. The Morgan fingerprint density at radius 3 is 2.05 bits per heavy atom. The number of pyridine rings is 3. The SMILES string of the molecule is c1cc(-c2ccncc2)nc(-n2c3ccccc3c3c4c5ccccc5c5nc6ccccc6n5c4ccc32)c1. The number of aromatic nitrogens is 5. The van der Waals surface area contributed by atoms with E-state index in [1.54, 1.807) is 0 Å². The Bertz CT molecular complexity index is 2430. The minimum absolute atomic E-state index is 0.887. The van der Waals surface area contributed by atoms with Crippen LogP contribution in [0, 0.1) is 0 Å². The number of imidazole rings is 1. The lowest BCUT2D eigenvalue weighted by atomic mass is 10.0. The van der Waals surface area contributed by atoms with Gasteiger partial charge in [-0.1, -0.05) is 60.7 Å². The van der Waals surface area contributed by atoms with E-state index in [2.05, 4.69) is 117 Å². The summed E-state index contributed by atoms with van der Waals surface area (Å²) >= 11 is 0. The highest BCUT2D eigenvalue weighted by atomic mass is 15.1. The lowest BCUT2D eigenvalue weighted by Gasteiger charge is -2.12. The Labute approximate surface area is 228 Å². The molecule has 0 saturated heterocycles. The molecule has 5 nitrogen and oxygen atoms in total. The Hall–Kier alpha value is -5.55. The van der Waals surface area contributed by atoms with Gasteiger partial charge in [0.1, 0.15) is 11.5 Å². The van der Waals surface area contributed by atoms with E-state index in [1.165, 1.54) is 21.5 Å². The van der Waals surface area contributed by atoms with Crippen molar-refractivity contribution in [3.63, 3.8) is 0 Å². The van der Waals surface area contributed by atoms with Gasteiger partial charge in [0.05, 0.1) is 33.3 Å². The monoisotopic (exact) mass is 511 g/mol. The number of benzene rings is 4. The molecule has 9 aromatic rings. The molecule has 0 atom stereocenters. The summed E-state index contributed by atoms with van der Waals surface area (Å²) in [4.78, 5) is 14.4. The molecule has 5 heteroatoms. The normalized spacial score (nSPS) is 12.0. The van der Waals surface area contributed by atoms with Gasteiger partial charge in [-0.15, -0.1) is 0 Å². The molecule has 0 aliphatic carbocycles. The summed E-state index contributed by atoms with van der Waals surface area (Å²) in [7, 11) is 0. The lowest BCUT2D eigenvalue weighted by molar-refractivity contribution is 1.08. The van der Waals surface area contributed by atoms with Gasteiger partial charge in [-0.3, -0.25) is 14.0 Å². The van der Waals surface area contributed by atoms with E-state index in [1.807, 2.05) is 24.5 Å². The van der Waals surface area contributed by atoms with Gasteiger partial charge in [0.25, 0.3) is 0 Å². The van der Waals surface area contributed by atoms with Crippen LogP contribution in [0.25, 0.3) is 77.2 Å². The number of nitrogens with zero attached hydrogens (tertiary/aromatic N) is 5. The molecule has 186 valence electrons. The Morgan fingerprint density at radius 1 is 0.475 bits per heavy atom. The average Bonchev–Trinajstić information content (AvgIpc) is 3.58. The number of rotatable bonds is 2. The molecule has 40 heavy (non-hydrogen) atoms. The summed E-state index contributed by atoms with van der Waals surface area (Å²) in [5.41, 5.74) is 8.47. The molecule has 0 unspecified atom stereocenters. The minimum atomic E-state index is 0.887. The van der Waals surface area contributed by atoms with Crippen molar-refractivity contribution in [3.05, 3.63) is 128 Å². The zero-order valence-corrected chi connectivity index (χ0v) is 21.4. The van der Waals surface area contributed by atoms with Crippen molar-refractivity contribution in [1.82, 2.24) is 23.9 Å². The molecule has 0 saturated carbocycles. The molecule has 5 heterocycles. The lowest BCUT2D eigenvalue weighted by Crippen LogP contribution is -1.99. The fourth-order valence-electron chi connectivity index (χ4n) is 6.33. The summed E-state index contributed by atoms with van der Waals surface area (Å²) in [6, 6.07) is 40.4. The largest absolute Gasteiger partial charge is 0.294 e. The predicted octanol–water partition coefficient (Wildman–Crippen LogP) is 8.35. The van der Waals surface area contributed by atoms with E-state index in [9.17, 15) is 0 Å². The van der Waals surface area contributed by atoms with Crippen molar-refractivity contribution in [3.8, 4) is 17.1 Å². The molecule has 0 spiro atoms. The van der Waals surface area contributed by atoms with Crippen LogP contribution in [0.1, 0.15) is 0 Å². The summed E-state index contributed by atoms with van der Waals surface area (Å²) in [6.45, 7) is 0. The van der Waals surface area contributed by atoms with Gasteiger partial charge in [-0.25, -0.2) is 9.97 Å². The van der Waals surface area contributed by atoms with E-state index in [4.69, 9.17) is 9.97 Å². The molecule has 0 aliphatic heterocycles. The molecule has 0 N–H and O–H groups in total. The van der Waals surface area contributed by atoms with E-state index < -0.39 is 0 Å². The number of para-hydroxylation sites is 3. The van der Waals surface area contributed by atoms with E-state index in [-0.39, 0.29) is 0 Å². The Morgan fingerprint density at radius 2 is 1.18 bits per heavy atom. The summed E-state index contributed by atoms with van der Waals surface area (Å²) < 4.78 is 4.61. The molecule has 0 fully saturated rings. The number of hydrogen-bond donors (Lipinski definition) is 0. The van der Waals surface area contributed by atoms with Gasteiger partial charge < -0.3 is 0 Å². The van der Waals surface area contributed by atoms with E-state index >= 15 is 0 Å². The first-order valence-electron chi connectivity index (χ1n) is 13.4. The molecule has 0 bridgehead atoms. The first-order chi connectivity index (χ1) is 19.9. The van der Waals surface area contributed by atoms with Gasteiger partial charge in [0.2, 0.25) is 0 Å². The van der Waals surface area contributed by atoms with Crippen LogP contribution >= 0.6 is 0 Å². The summed E-state index contributed by atoms with van der Waals surface area (Å²) in [6.07, 6.45) is 3.61. The van der Waals surface area contributed by atoms with E-state index in [0.29, 0.717) is 0 Å². The van der Waals surface area contributed by atoms with Gasteiger partial charge >= 0.3 is 0 Å². The average molecular weight is 512 g/mol. The smallest absolute Gasteiger partial charge is 0.146 e. The molecular formula is C35H21N5. The molecule has 0 amide bonds. The van der Waals surface area contributed by atoms with Gasteiger partial charge in [0.15, 0.2) is 0 Å². The van der Waals surface area contributed by atoms with Crippen LogP contribution in [-0.4, -0.2) is 23.9 Å². The van der Waals surface area contributed by atoms with Gasteiger partial charge in [-0.05, 0) is 60.0 Å². The van der Waals surface area contributed by atoms with Crippen LogP contribution in [0.5, 0.6) is 0 Å². The summed E-state index contributed by atoms with van der Waals surface area (Å²) in [5.74, 6) is 0.887. The van der Waals surface area contributed by atoms with Crippen LogP contribution < -0.4 is 0 Å². The highest BCUT2D eigenvalue weighted by Crippen LogP contribution is 2.41. The Kier molecular flexibility index (Phi) is 4.27. The summed E-state index contributed by atoms with van der Waals surface area (Å²) in [5, 5.41) is 6.00. The second-order valence-corrected chi connectivity index (χ2v) is 10.1. The maximum absolute atomic E-state index is 5.13. The topological polar surface area (TPSA) is 48.0 Å². The van der Waals surface area contributed by atoms with Crippen molar-refractivity contribution in [2.45, 2.75) is 0 Å². The van der Waals surface area contributed by atoms with Gasteiger partial charge in [-0.2, -0.15) is 0 Å². The second-order valence-electron chi connectivity index (χ2n) is 10.1. The maximum Gasteiger partial charge on any atom is 0.146 e. The van der Waals surface area contributed by atoms with Crippen LogP contribution in [0.4, 0.5) is 0 Å². The number of fused-ring (bicyclic) bond motifs is 12. The molecule has 0 aliphatic rings. The fraction of sp³-hybridized carbons (Fsp3) is 0. The Balaban J connectivity index is 1.48. The first kappa shape index (κ1) is 21.4. The third kappa shape index (κ3) is 2.83. The molecule has 4 aromatic carbocycles. The molecule has 5 aromatic heterocycles. The minimum Gasteiger partial charge on any atom is -0.294 e. The highest BCUT2D eigenvalue weighted by Gasteiger charge is 2.20. The van der Waals surface area contributed by atoms with Crippen molar-refractivity contribution < 1.29 is 0 Å². The third-order valence-corrected chi connectivity index (χ3v) is 8.00. The van der Waals surface area contributed by atoms with Crippen LogP contribution in [0.3, 0.4) is 0 Å². The van der Waals surface area contributed by atoms with Crippen molar-refractivity contribution in [2.75, 3.05) is 0 Å². The quantitative estimate of drug-likeness (QED) is 0.219. The van der Waals surface area contributed by atoms with E-state index in [0.717, 1.165) is 55.7 Å².